The summed E-state index contributed by atoms with van der Waals surface area (Å²) >= 11 is 0. The van der Waals surface area contributed by atoms with Gasteiger partial charge in [0.2, 0.25) is 0 Å². The highest BCUT2D eigenvalue weighted by atomic mass is 16.5. The Morgan fingerprint density at radius 1 is 0.970 bits per heavy atom. The average Bonchev–Trinajstić information content (AvgIpc) is 3.24. The van der Waals surface area contributed by atoms with Crippen molar-refractivity contribution in [3.63, 3.8) is 0 Å². The van der Waals surface area contributed by atoms with Crippen LogP contribution in [0.25, 0.3) is 0 Å². The minimum absolute atomic E-state index is 0.157. The van der Waals surface area contributed by atoms with Crippen molar-refractivity contribution in [2.45, 2.75) is 32.6 Å². The number of aromatic nitrogens is 1. The number of urea groups is 1. The minimum atomic E-state index is -0.436. The Balaban J connectivity index is 1.33. The number of hydrogen-bond acceptors (Lipinski definition) is 5. The quantitative estimate of drug-likeness (QED) is 0.517. The van der Waals surface area contributed by atoms with E-state index in [1.54, 1.807) is 30.3 Å². The second kappa shape index (κ2) is 8.82. The van der Waals surface area contributed by atoms with Crippen molar-refractivity contribution < 1.29 is 14.1 Å². The molecule has 0 spiro atoms. The lowest BCUT2D eigenvalue weighted by molar-refractivity contribution is -0.113. The predicted molar refractivity (Wildman–Crippen MR) is 130 cm³/mol. The highest BCUT2D eigenvalue weighted by molar-refractivity contribution is 6.05. The number of carbonyl (C=O) groups is 2. The summed E-state index contributed by atoms with van der Waals surface area (Å²) in [6, 6.07) is 16.2. The van der Waals surface area contributed by atoms with Gasteiger partial charge in [-0.05, 0) is 35.9 Å². The molecule has 8 nitrogen and oxygen atoms in total. The van der Waals surface area contributed by atoms with Crippen molar-refractivity contribution in [3.05, 3.63) is 77.7 Å². The summed E-state index contributed by atoms with van der Waals surface area (Å²) in [5.74, 6) is 0.866. The van der Waals surface area contributed by atoms with Crippen LogP contribution in [0.3, 0.4) is 0 Å². The highest BCUT2D eigenvalue weighted by Crippen LogP contribution is 2.28. The SMILES string of the molecule is CN1C=C(C(=O)Nc2ccc(NC(=O)Nc3cc(C(C)(C)C)on3)cc2)Cc2ccccc21. The lowest BCUT2D eigenvalue weighted by Gasteiger charge is -2.25. The van der Waals surface area contributed by atoms with Crippen LogP contribution < -0.4 is 20.9 Å². The molecule has 1 aliphatic rings. The molecule has 1 aromatic heterocycles. The Morgan fingerprint density at radius 3 is 2.30 bits per heavy atom. The zero-order valence-electron chi connectivity index (χ0n) is 19.1. The topological polar surface area (TPSA) is 99.5 Å². The molecule has 2 aromatic carbocycles. The molecule has 0 saturated heterocycles. The van der Waals surface area contributed by atoms with Gasteiger partial charge in [-0.1, -0.05) is 44.1 Å². The lowest BCUT2D eigenvalue weighted by atomic mass is 9.93. The van der Waals surface area contributed by atoms with Crippen LogP contribution >= 0.6 is 0 Å². The molecule has 3 aromatic rings. The lowest BCUT2D eigenvalue weighted by Crippen LogP contribution is -2.24. The van der Waals surface area contributed by atoms with Gasteiger partial charge in [0.25, 0.3) is 5.91 Å². The molecule has 3 amide bonds. The molecule has 0 fully saturated rings. The number of amides is 3. The zero-order valence-corrected chi connectivity index (χ0v) is 19.1. The number of anilines is 4. The van der Waals surface area contributed by atoms with E-state index < -0.39 is 6.03 Å². The molecule has 33 heavy (non-hydrogen) atoms. The van der Waals surface area contributed by atoms with Gasteiger partial charge < -0.3 is 20.1 Å². The fourth-order valence-electron chi connectivity index (χ4n) is 3.51. The van der Waals surface area contributed by atoms with Crippen LogP contribution in [-0.4, -0.2) is 24.1 Å². The molecule has 4 rings (SSSR count). The minimum Gasteiger partial charge on any atom is -0.359 e. The van der Waals surface area contributed by atoms with Crippen LogP contribution in [0, 0.1) is 0 Å². The molecule has 3 N–H and O–H groups in total. The summed E-state index contributed by atoms with van der Waals surface area (Å²) in [5.41, 5.74) is 3.91. The number of carbonyl (C=O) groups excluding carboxylic acids is 2. The van der Waals surface area contributed by atoms with Crippen LogP contribution in [0.4, 0.5) is 27.7 Å². The predicted octanol–water partition coefficient (Wildman–Crippen LogP) is 5.13. The maximum absolute atomic E-state index is 12.8. The van der Waals surface area contributed by atoms with E-state index in [4.69, 9.17) is 4.52 Å². The largest absolute Gasteiger partial charge is 0.359 e. The first-order valence-electron chi connectivity index (χ1n) is 10.7. The van der Waals surface area contributed by atoms with E-state index in [9.17, 15) is 9.59 Å². The number of rotatable bonds is 4. The maximum atomic E-state index is 12.8. The Morgan fingerprint density at radius 2 is 1.64 bits per heavy atom. The number of hydrogen-bond donors (Lipinski definition) is 3. The molecule has 2 heterocycles. The monoisotopic (exact) mass is 445 g/mol. The standard InChI is InChI=1S/C25H27N5O3/c1-25(2,3)21-14-22(29-33-21)28-24(32)27-19-11-9-18(10-12-19)26-23(31)17-13-16-7-5-6-8-20(16)30(4)15-17/h5-12,14-15H,13H2,1-4H3,(H,26,31)(H2,27,28,29,32). The van der Waals surface area contributed by atoms with Crippen LogP contribution in [0.5, 0.6) is 0 Å². The Bertz CT molecular complexity index is 1210. The third kappa shape index (κ3) is 5.23. The molecule has 0 atom stereocenters. The molecular weight excluding hydrogens is 418 g/mol. The Kier molecular flexibility index (Phi) is 5.91. The van der Waals surface area contributed by atoms with Crippen molar-refractivity contribution in [3.8, 4) is 0 Å². The number of nitrogens with one attached hydrogen (secondary N) is 3. The molecule has 8 heteroatoms. The zero-order chi connectivity index (χ0) is 23.6. The van der Waals surface area contributed by atoms with Gasteiger partial charge in [-0.15, -0.1) is 0 Å². The van der Waals surface area contributed by atoms with Gasteiger partial charge in [0.05, 0.1) is 0 Å². The van der Waals surface area contributed by atoms with Gasteiger partial charge in [0, 0.05) is 53.8 Å². The average molecular weight is 446 g/mol. The molecular formula is C25H27N5O3. The van der Waals surface area contributed by atoms with E-state index in [0.717, 1.165) is 11.3 Å². The van der Waals surface area contributed by atoms with E-state index in [-0.39, 0.29) is 11.3 Å². The molecule has 0 radical (unpaired) electrons. The maximum Gasteiger partial charge on any atom is 0.324 e. The number of nitrogens with zero attached hydrogens (tertiary/aromatic N) is 2. The van der Waals surface area contributed by atoms with Crippen molar-refractivity contribution in [1.82, 2.24) is 5.16 Å². The number of fused-ring (bicyclic) bond motifs is 1. The van der Waals surface area contributed by atoms with Gasteiger partial charge in [-0.2, -0.15) is 0 Å². The fourth-order valence-corrected chi connectivity index (χ4v) is 3.51. The summed E-state index contributed by atoms with van der Waals surface area (Å²) in [6.07, 6.45) is 2.43. The van der Waals surface area contributed by atoms with Gasteiger partial charge >= 0.3 is 6.03 Å². The first kappa shape index (κ1) is 22.1. The summed E-state index contributed by atoms with van der Waals surface area (Å²) in [4.78, 5) is 27.0. The van der Waals surface area contributed by atoms with Gasteiger partial charge in [-0.3, -0.25) is 10.1 Å². The van der Waals surface area contributed by atoms with Crippen molar-refractivity contribution in [2.24, 2.45) is 0 Å². The highest BCUT2D eigenvalue weighted by Gasteiger charge is 2.21. The summed E-state index contributed by atoms with van der Waals surface area (Å²) in [6.45, 7) is 6.00. The third-order valence-electron chi connectivity index (χ3n) is 5.29. The van der Waals surface area contributed by atoms with Crippen LogP contribution in [-0.2, 0) is 16.6 Å². The van der Waals surface area contributed by atoms with Crippen molar-refractivity contribution in [1.29, 1.82) is 0 Å². The summed E-state index contributed by atoms with van der Waals surface area (Å²) in [5, 5.41) is 12.2. The third-order valence-corrected chi connectivity index (χ3v) is 5.29. The molecule has 170 valence electrons. The van der Waals surface area contributed by atoms with Crippen molar-refractivity contribution in [2.75, 3.05) is 27.9 Å². The van der Waals surface area contributed by atoms with Crippen LogP contribution in [0.15, 0.2) is 70.9 Å². The first-order chi connectivity index (χ1) is 15.7. The molecule has 0 aliphatic carbocycles. The Hall–Kier alpha value is -4.07. The summed E-state index contributed by atoms with van der Waals surface area (Å²) in [7, 11) is 1.93. The normalized spacial score (nSPS) is 13.1. The Labute approximate surface area is 192 Å². The van der Waals surface area contributed by atoms with E-state index in [2.05, 4.69) is 21.1 Å². The number of para-hydroxylation sites is 1. The molecule has 0 unspecified atom stereocenters. The van der Waals surface area contributed by atoms with E-state index in [0.29, 0.717) is 34.9 Å². The van der Waals surface area contributed by atoms with Gasteiger partial charge in [0.1, 0.15) is 5.76 Å². The second-order valence-corrected chi connectivity index (χ2v) is 9.01. The molecule has 0 saturated carbocycles. The summed E-state index contributed by atoms with van der Waals surface area (Å²) < 4.78 is 5.27. The van der Waals surface area contributed by atoms with Crippen molar-refractivity contribution >= 4 is 34.8 Å². The van der Waals surface area contributed by atoms with Gasteiger partial charge in [0.15, 0.2) is 5.82 Å². The van der Waals surface area contributed by atoms with Crippen LogP contribution in [0.2, 0.25) is 0 Å². The number of benzene rings is 2. The molecule has 1 aliphatic heterocycles. The first-order valence-corrected chi connectivity index (χ1v) is 10.7. The second-order valence-electron chi connectivity index (χ2n) is 9.01. The smallest absolute Gasteiger partial charge is 0.324 e. The molecule has 0 bridgehead atoms. The van der Waals surface area contributed by atoms with Gasteiger partial charge in [-0.25, -0.2) is 4.79 Å². The van der Waals surface area contributed by atoms with Crippen LogP contribution in [0.1, 0.15) is 32.1 Å². The fraction of sp³-hybridized carbons (Fsp3) is 0.240. The van der Waals surface area contributed by atoms with E-state index >= 15 is 0 Å². The van der Waals surface area contributed by atoms with E-state index in [1.807, 2.05) is 63.2 Å². The van der Waals surface area contributed by atoms with E-state index in [1.165, 1.54) is 0 Å².